The van der Waals surface area contributed by atoms with Crippen molar-refractivity contribution in [3.05, 3.63) is 30.3 Å². The molecule has 0 bridgehead atoms. The van der Waals surface area contributed by atoms with E-state index in [0.29, 0.717) is 25.9 Å². The van der Waals surface area contributed by atoms with Crippen LogP contribution in [0.1, 0.15) is 12.8 Å². The molecule has 21 heavy (non-hydrogen) atoms. The van der Waals surface area contributed by atoms with Gasteiger partial charge < -0.3 is 20.7 Å². The number of amidine groups is 1. The van der Waals surface area contributed by atoms with Crippen LogP contribution in [0.25, 0.3) is 0 Å². The van der Waals surface area contributed by atoms with Crippen molar-refractivity contribution in [3.63, 3.8) is 0 Å². The summed E-state index contributed by atoms with van der Waals surface area (Å²) in [7, 11) is 0. The monoisotopic (exact) mass is 288 g/mol. The summed E-state index contributed by atoms with van der Waals surface area (Å²) >= 11 is 0. The highest BCUT2D eigenvalue weighted by molar-refractivity contribution is 6.09. The first-order valence-corrected chi connectivity index (χ1v) is 7.25. The Bertz CT molecular complexity index is 546. The molecular weight excluding hydrogens is 268 g/mol. The molecule has 2 aliphatic rings. The van der Waals surface area contributed by atoms with Gasteiger partial charge in [0.25, 0.3) is 0 Å². The van der Waals surface area contributed by atoms with Gasteiger partial charge >= 0.3 is 0 Å². The number of rotatable bonds is 3. The smallest absolute Gasteiger partial charge is 0.236 e. The normalized spacial score (nSPS) is 21.2. The number of para-hydroxylation sites is 1. The van der Waals surface area contributed by atoms with E-state index in [1.165, 1.54) is 5.69 Å². The zero-order valence-corrected chi connectivity index (χ0v) is 11.9. The molecule has 0 atom stereocenters. The molecule has 6 heteroatoms. The number of oxime groups is 1. The van der Waals surface area contributed by atoms with Crippen LogP contribution in [0.15, 0.2) is 35.5 Å². The van der Waals surface area contributed by atoms with Crippen LogP contribution in [0, 0.1) is 5.41 Å². The zero-order valence-electron chi connectivity index (χ0n) is 11.9. The fourth-order valence-electron chi connectivity index (χ4n) is 2.91. The molecule has 0 spiro atoms. The predicted molar refractivity (Wildman–Crippen MR) is 80.3 cm³/mol. The van der Waals surface area contributed by atoms with Crippen LogP contribution in [0.3, 0.4) is 0 Å². The summed E-state index contributed by atoms with van der Waals surface area (Å²) in [6.07, 6.45) is 1.36. The number of hydrogen-bond acceptors (Lipinski definition) is 4. The summed E-state index contributed by atoms with van der Waals surface area (Å²) in [5.74, 6) is 0.0588. The lowest BCUT2D eigenvalue weighted by atomic mass is 10.0. The van der Waals surface area contributed by atoms with Crippen molar-refractivity contribution in [3.8, 4) is 0 Å². The van der Waals surface area contributed by atoms with Gasteiger partial charge in [-0.05, 0) is 25.0 Å². The van der Waals surface area contributed by atoms with Crippen LogP contribution in [0.2, 0.25) is 0 Å². The molecule has 2 fully saturated rings. The van der Waals surface area contributed by atoms with E-state index < -0.39 is 5.41 Å². The zero-order chi connectivity index (χ0) is 14.9. The number of amides is 1. The number of hydrogen-bond donors (Lipinski definition) is 2. The van der Waals surface area contributed by atoms with Gasteiger partial charge in [-0.3, -0.25) is 4.79 Å². The molecule has 112 valence electrons. The molecule has 1 aliphatic heterocycles. The maximum Gasteiger partial charge on any atom is 0.236 e. The maximum atomic E-state index is 12.6. The van der Waals surface area contributed by atoms with Gasteiger partial charge in [0.2, 0.25) is 5.91 Å². The van der Waals surface area contributed by atoms with Crippen molar-refractivity contribution in [1.82, 2.24) is 4.90 Å². The molecule has 3 rings (SSSR count). The number of piperazine rings is 1. The second kappa shape index (κ2) is 5.27. The highest BCUT2D eigenvalue weighted by atomic mass is 16.4. The Hall–Kier alpha value is -2.24. The SMILES string of the molecule is N/C(=N/O)C1(C(=O)N2CCN(c3ccccc3)CC2)CC1. The first kappa shape index (κ1) is 13.7. The third kappa shape index (κ3) is 2.41. The summed E-state index contributed by atoms with van der Waals surface area (Å²) in [5.41, 5.74) is 6.13. The van der Waals surface area contributed by atoms with Crippen molar-refractivity contribution in [2.45, 2.75) is 12.8 Å². The van der Waals surface area contributed by atoms with Crippen molar-refractivity contribution in [2.24, 2.45) is 16.3 Å². The number of nitrogens with two attached hydrogens (primary N) is 1. The molecule has 6 nitrogen and oxygen atoms in total. The fourth-order valence-corrected chi connectivity index (χ4v) is 2.91. The number of benzene rings is 1. The van der Waals surface area contributed by atoms with Gasteiger partial charge in [0.15, 0.2) is 5.84 Å². The highest BCUT2D eigenvalue weighted by Crippen LogP contribution is 2.47. The van der Waals surface area contributed by atoms with Gasteiger partial charge in [-0.2, -0.15) is 0 Å². The van der Waals surface area contributed by atoms with Crippen LogP contribution in [0.4, 0.5) is 5.69 Å². The molecule has 1 heterocycles. The molecule has 1 aromatic carbocycles. The second-order valence-corrected chi connectivity index (χ2v) is 5.68. The van der Waals surface area contributed by atoms with Crippen molar-refractivity contribution in [2.75, 3.05) is 31.1 Å². The van der Waals surface area contributed by atoms with Crippen LogP contribution >= 0.6 is 0 Å². The molecule has 1 aromatic rings. The highest BCUT2D eigenvalue weighted by Gasteiger charge is 2.56. The molecule has 1 saturated carbocycles. The van der Waals surface area contributed by atoms with E-state index in [0.717, 1.165) is 13.1 Å². The third-order valence-corrected chi connectivity index (χ3v) is 4.45. The fraction of sp³-hybridized carbons (Fsp3) is 0.467. The lowest BCUT2D eigenvalue weighted by Crippen LogP contribution is -2.52. The number of carbonyl (C=O) groups is 1. The minimum Gasteiger partial charge on any atom is -0.409 e. The maximum absolute atomic E-state index is 12.6. The van der Waals surface area contributed by atoms with Gasteiger partial charge in [-0.1, -0.05) is 23.4 Å². The van der Waals surface area contributed by atoms with Gasteiger partial charge in [0.05, 0.1) is 0 Å². The Labute approximate surface area is 123 Å². The van der Waals surface area contributed by atoms with Crippen molar-refractivity contribution in [1.29, 1.82) is 0 Å². The Morgan fingerprint density at radius 1 is 1.14 bits per heavy atom. The van der Waals surface area contributed by atoms with Gasteiger partial charge in [-0.15, -0.1) is 0 Å². The summed E-state index contributed by atoms with van der Waals surface area (Å²) in [5, 5.41) is 11.9. The number of carbonyl (C=O) groups excluding carboxylic acids is 1. The van der Waals surface area contributed by atoms with Gasteiger partial charge in [0.1, 0.15) is 5.41 Å². The summed E-state index contributed by atoms with van der Waals surface area (Å²) < 4.78 is 0. The average molecular weight is 288 g/mol. The average Bonchev–Trinajstić information content (AvgIpc) is 3.36. The third-order valence-electron chi connectivity index (χ3n) is 4.45. The van der Waals surface area contributed by atoms with Crippen LogP contribution < -0.4 is 10.6 Å². The topological polar surface area (TPSA) is 82.2 Å². The summed E-state index contributed by atoms with van der Waals surface area (Å²) in [6, 6.07) is 10.2. The molecular formula is C15H20N4O2. The lowest BCUT2D eigenvalue weighted by molar-refractivity contribution is -0.134. The molecule has 1 saturated heterocycles. The quantitative estimate of drug-likeness (QED) is 0.374. The largest absolute Gasteiger partial charge is 0.409 e. The van der Waals surface area contributed by atoms with E-state index in [1.807, 2.05) is 23.1 Å². The summed E-state index contributed by atoms with van der Waals surface area (Å²) in [6.45, 7) is 2.96. The summed E-state index contributed by atoms with van der Waals surface area (Å²) in [4.78, 5) is 16.7. The molecule has 1 amide bonds. The van der Waals surface area contributed by atoms with Crippen LogP contribution in [-0.2, 0) is 4.79 Å². The first-order valence-electron chi connectivity index (χ1n) is 7.25. The van der Waals surface area contributed by atoms with E-state index in [9.17, 15) is 4.79 Å². The molecule has 0 radical (unpaired) electrons. The molecule has 0 unspecified atom stereocenters. The van der Waals surface area contributed by atoms with Crippen LogP contribution in [-0.4, -0.2) is 48.0 Å². The Kier molecular flexibility index (Phi) is 3.45. The van der Waals surface area contributed by atoms with Gasteiger partial charge in [0, 0.05) is 31.9 Å². The Morgan fingerprint density at radius 2 is 1.76 bits per heavy atom. The van der Waals surface area contributed by atoms with E-state index >= 15 is 0 Å². The molecule has 1 aliphatic carbocycles. The second-order valence-electron chi connectivity index (χ2n) is 5.68. The first-order chi connectivity index (χ1) is 10.2. The predicted octanol–water partition coefficient (Wildman–Crippen LogP) is 0.862. The lowest BCUT2D eigenvalue weighted by Gasteiger charge is -2.37. The molecule has 0 aromatic heterocycles. The Morgan fingerprint density at radius 3 is 2.29 bits per heavy atom. The minimum absolute atomic E-state index is 0.00510. The van der Waals surface area contributed by atoms with E-state index in [2.05, 4.69) is 22.2 Å². The minimum atomic E-state index is -0.732. The number of anilines is 1. The van der Waals surface area contributed by atoms with Crippen LogP contribution in [0.5, 0.6) is 0 Å². The molecule has 3 N–H and O–H groups in total. The standard InChI is InChI=1S/C15H20N4O2/c16-13(17-21)15(6-7-15)14(20)19-10-8-18(9-11-19)12-4-2-1-3-5-12/h1-5,21H,6-11H2,(H2,16,17). The Balaban J connectivity index is 1.63. The van der Waals surface area contributed by atoms with Gasteiger partial charge in [-0.25, -0.2) is 0 Å². The van der Waals surface area contributed by atoms with E-state index in [-0.39, 0.29) is 11.7 Å². The van der Waals surface area contributed by atoms with E-state index in [1.54, 1.807) is 0 Å². The number of nitrogens with zero attached hydrogens (tertiary/aromatic N) is 3. The van der Waals surface area contributed by atoms with Crippen molar-refractivity contribution >= 4 is 17.4 Å². The van der Waals surface area contributed by atoms with E-state index in [4.69, 9.17) is 10.9 Å². The van der Waals surface area contributed by atoms with Crippen molar-refractivity contribution < 1.29 is 10.0 Å².